The van der Waals surface area contributed by atoms with E-state index in [1.54, 1.807) is 0 Å². The Labute approximate surface area is 177 Å². The maximum Gasteiger partial charge on any atom is 0.290 e. The number of carbonyl (C=O) groups is 3. The quantitative estimate of drug-likeness (QED) is 0.682. The van der Waals surface area contributed by atoms with Gasteiger partial charge in [-0.25, -0.2) is 0 Å². The molecule has 2 amide bonds. The van der Waals surface area contributed by atoms with Crippen molar-refractivity contribution in [1.29, 1.82) is 0 Å². The van der Waals surface area contributed by atoms with Crippen molar-refractivity contribution >= 4 is 29.9 Å². The molecule has 2 N–H and O–H groups in total. The van der Waals surface area contributed by atoms with Crippen molar-refractivity contribution in [2.45, 2.75) is 31.7 Å². The van der Waals surface area contributed by atoms with E-state index in [9.17, 15) is 9.59 Å². The summed E-state index contributed by atoms with van der Waals surface area (Å²) in [7, 11) is 3.91. The highest BCUT2D eigenvalue weighted by atomic mass is 35.5. The Morgan fingerprint density at radius 2 is 2.07 bits per heavy atom. The fourth-order valence-corrected chi connectivity index (χ4v) is 4.51. The number of rotatable bonds is 6. The topological polar surface area (TPSA) is 90.0 Å². The fraction of sp³-hybridized carbons (Fsp3) is 0.571. The maximum atomic E-state index is 12.2. The van der Waals surface area contributed by atoms with Crippen LogP contribution < -0.4 is 5.32 Å². The second kappa shape index (κ2) is 11.2. The normalized spacial score (nSPS) is 23.2. The average molecular weight is 424 g/mol. The van der Waals surface area contributed by atoms with Crippen LogP contribution in [0.1, 0.15) is 24.8 Å². The number of likely N-dealkylation sites (N-methyl/N-ethyl adjacent to an activating group) is 1. The minimum Gasteiger partial charge on any atom is -0.483 e. The van der Waals surface area contributed by atoms with Gasteiger partial charge in [0.2, 0.25) is 11.8 Å². The third-order valence-electron chi connectivity index (χ3n) is 5.83. The molecule has 1 aliphatic heterocycles. The highest BCUT2D eigenvalue weighted by Gasteiger charge is 2.41. The van der Waals surface area contributed by atoms with Gasteiger partial charge < -0.3 is 15.3 Å². The van der Waals surface area contributed by atoms with E-state index in [0.29, 0.717) is 37.4 Å². The number of piperidine rings is 1. The van der Waals surface area contributed by atoms with Gasteiger partial charge in [0, 0.05) is 37.6 Å². The molecule has 160 valence electrons. The summed E-state index contributed by atoms with van der Waals surface area (Å²) in [6.07, 6.45) is 3.54. The smallest absolute Gasteiger partial charge is 0.290 e. The largest absolute Gasteiger partial charge is 0.483 e. The molecule has 2 aliphatic rings. The highest BCUT2D eigenvalue weighted by Crippen LogP contribution is 2.39. The number of benzene rings is 1. The lowest BCUT2D eigenvalue weighted by Crippen LogP contribution is -2.40. The summed E-state index contributed by atoms with van der Waals surface area (Å²) in [6.45, 7) is 1.63. The van der Waals surface area contributed by atoms with Crippen molar-refractivity contribution in [2.75, 3.05) is 33.7 Å². The zero-order valence-corrected chi connectivity index (χ0v) is 17.8. The van der Waals surface area contributed by atoms with Crippen molar-refractivity contribution in [1.82, 2.24) is 15.1 Å². The summed E-state index contributed by atoms with van der Waals surface area (Å²) in [4.78, 5) is 36.5. The van der Waals surface area contributed by atoms with Gasteiger partial charge >= 0.3 is 0 Å². The maximum absolute atomic E-state index is 12.2. The van der Waals surface area contributed by atoms with Crippen molar-refractivity contribution in [3.05, 3.63) is 34.9 Å². The van der Waals surface area contributed by atoms with Crippen LogP contribution in [0.15, 0.2) is 24.3 Å². The fourth-order valence-electron chi connectivity index (χ4n) is 4.30. The van der Waals surface area contributed by atoms with Gasteiger partial charge in [0.15, 0.2) is 0 Å². The molecule has 0 bridgehead atoms. The summed E-state index contributed by atoms with van der Waals surface area (Å²) >= 11 is 5.98. The molecule has 0 radical (unpaired) electrons. The lowest BCUT2D eigenvalue weighted by molar-refractivity contribution is -0.135. The zero-order chi connectivity index (χ0) is 21.4. The number of carbonyl (C=O) groups excluding carboxylic acids is 2. The van der Waals surface area contributed by atoms with E-state index < -0.39 is 0 Å². The molecule has 29 heavy (non-hydrogen) atoms. The molecule has 1 aliphatic carbocycles. The summed E-state index contributed by atoms with van der Waals surface area (Å²) < 4.78 is 0. The van der Waals surface area contributed by atoms with Crippen LogP contribution in [0.25, 0.3) is 0 Å². The summed E-state index contributed by atoms with van der Waals surface area (Å²) in [5.74, 6) is 1.37. The summed E-state index contributed by atoms with van der Waals surface area (Å²) in [5, 5.41) is 10.6. The Hall–Kier alpha value is -2.12. The highest BCUT2D eigenvalue weighted by molar-refractivity contribution is 6.30. The molecule has 1 saturated carbocycles. The molecule has 3 atom stereocenters. The molecule has 3 rings (SSSR count). The van der Waals surface area contributed by atoms with Gasteiger partial charge in [-0.2, -0.15) is 0 Å². The van der Waals surface area contributed by atoms with Crippen molar-refractivity contribution in [3.8, 4) is 0 Å². The van der Waals surface area contributed by atoms with Gasteiger partial charge in [0.1, 0.15) is 0 Å². The Balaban J connectivity index is 0.000000941. The Bertz CT molecular complexity index is 715. The van der Waals surface area contributed by atoms with Crippen LogP contribution in [-0.4, -0.2) is 73.0 Å². The van der Waals surface area contributed by atoms with Crippen LogP contribution in [-0.2, 0) is 20.8 Å². The molecule has 1 heterocycles. The van der Waals surface area contributed by atoms with Gasteiger partial charge in [-0.05, 0) is 55.8 Å². The van der Waals surface area contributed by atoms with Crippen molar-refractivity contribution < 1.29 is 19.5 Å². The van der Waals surface area contributed by atoms with Crippen LogP contribution in [0.4, 0.5) is 0 Å². The second-order valence-electron chi connectivity index (χ2n) is 7.87. The van der Waals surface area contributed by atoms with Crippen LogP contribution in [0.2, 0.25) is 5.02 Å². The van der Waals surface area contributed by atoms with Crippen molar-refractivity contribution in [3.63, 3.8) is 0 Å². The first-order valence-electron chi connectivity index (χ1n) is 9.87. The van der Waals surface area contributed by atoms with Crippen LogP contribution in [0, 0.1) is 11.8 Å². The van der Waals surface area contributed by atoms with E-state index in [0.717, 1.165) is 36.4 Å². The van der Waals surface area contributed by atoms with Gasteiger partial charge in [-0.3, -0.25) is 19.3 Å². The number of amides is 2. The van der Waals surface area contributed by atoms with E-state index >= 15 is 0 Å². The van der Waals surface area contributed by atoms with E-state index in [1.165, 1.54) is 0 Å². The molecule has 1 aromatic carbocycles. The first-order chi connectivity index (χ1) is 13.8. The Morgan fingerprint density at radius 3 is 2.76 bits per heavy atom. The standard InChI is InChI=1S/C20H28ClN3O2.CH2O2/c1-23(18-9-15-11-20(26)24(2)12-16(15)10-18)13-19(25)22-7-6-14-4-3-5-17(21)8-14;2-1-3/h3-5,8,15-16,18H,6-7,9-13H2,1-2H3,(H,22,25);1H,(H,2,3)/t15-,16+,18-;/m1./s1. The number of hydrogen-bond acceptors (Lipinski definition) is 4. The number of likely N-dealkylation sites (tertiary alicyclic amines) is 1. The number of fused-ring (bicyclic) bond motifs is 1. The minimum atomic E-state index is -0.250. The molecule has 0 unspecified atom stereocenters. The zero-order valence-electron chi connectivity index (χ0n) is 17.0. The average Bonchev–Trinajstić information content (AvgIpc) is 3.06. The Morgan fingerprint density at radius 1 is 1.38 bits per heavy atom. The molecule has 8 heteroatoms. The monoisotopic (exact) mass is 423 g/mol. The molecular formula is C21H30ClN3O4. The third kappa shape index (κ3) is 7.01. The summed E-state index contributed by atoms with van der Waals surface area (Å²) in [5.41, 5.74) is 1.12. The van der Waals surface area contributed by atoms with Gasteiger partial charge in [-0.15, -0.1) is 0 Å². The van der Waals surface area contributed by atoms with Gasteiger partial charge in [-0.1, -0.05) is 23.7 Å². The van der Waals surface area contributed by atoms with Gasteiger partial charge in [0.25, 0.3) is 6.47 Å². The SMILES string of the molecule is CN1C[C@@H]2C[C@H](N(C)CC(=O)NCCc3cccc(Cl)c3)C[C@@H]2CC1=O.O=CO. The van der Waals surface area contributed by atoms with Crippen molar-refractivity contribution in [2.24, 2.45) is 11.8 Å². The lowest BCUT2D eigenvalue weighted by Gasteiger charge is -2.31. The lowest BCUT2D eigenvalue weighted by atomic mass is 9.88. The predicted molar refractivity (Wildman–Crippen MR) is 112 cm³/mol. The van der Waals surface area contributed by atoms with E-state index in [-0.39, 0.29) is 18.3 Å². The second-order valence-corrected chi connectivity index (χ2v) is 8.31. The number of halogens is 1. The van der Waals surface area contributed by atoms with Crippen LogP contribution in [0.3, 0.4) is 0 Å². The van der Waals surface area contributed by atoms with Crippen LogP contribution >= 0.6 is 11.6 Å². The number of nitrogens with one attached hydrogen (secondary N) is 1. The first kappa shape index (κ1) is 23.2. The molecule has 7 nitrogen and oxygen atoms in total. The van der Waals surface area contributed by atoms with E-state index in [1.807, 2.05) is 43.3 Å². The van der Waals surface area contributed by atoms with Crippen LogP contribution in [0.5, 0.6) is 0 Å². The molecule has 1 saturated heterocycles. The number of carboxylic acid groups (broad SMARTS) is 1. The van der Waals surface area contributed by atoms with E-state index in [4.69, 9.17) is 21.5 Å². The summed E-state index contributed by atoms with van der Waals surface area (Å²) in [6, 6.07) is 8.11. The Kier molecular flexibility index (Phi) is 8.92. The van der Waals surface area contributed by atoms with Gasteiger partial charge in [0.05, 0.1) is 6.54 Å². The number of nitrogens with zero attached hydrogens (tertiary/aromatic N) is 2. The molecule has 1 aromatic rings. The predicted octanol–water partition coefficient (Wildman–Crippen LogP) is 1.89. The molecule has 0 aromatic heterocycles. The third-order valence-corrected chi connectivity index (χ3v) is 6.06. The molecule has 2 fully saturated rings. The molecule has 0 spiro atoms. The van der Waals surface area contributed by atoms with E-state index in [2.05, 4.69) is 10.2 Å². The first-order valence-corrected chi connectivity index (χ1v) is 10.2. The molecular weight excluding hydrogens is 394 g/mol. The number of hydrogen-bond donors (Lipinski definition) is 2. The minimum absolute atomic E-state index is 0.0533.